The molecule has 5 nitrogen and oxygen atoms in total. The van der Waals surface area contributed by atoms with Crippen LogP contribution in [0.3, 0.4) is 0 Å². The SMILES string of the molecule is CC(C)CNC1CCN(c2ccc(-c3nc(-c4ccc(Cl)c(Cl)c4)c[nH]3)cn2)C1. The lowest BCUT2D eigenvalue weighted by Crippen LogP contribution is -2.34. The number of rotatable bonds is 6. The fourth-order valence-electron chi connectivity index (χ4n) is 3.52. The lowest BCUT2D eigenvalue weighted by Gasteiger charge is -2.18. The molecule has 0 saturated carbocycles. The number of hydrogen-bond donors (Lipinski definition) is 2. The molecule has 1 fully saturated rings. The minimum absolute atomic E-state index is 0.520. The molecule has 3 aromatic rings. The van der Waals surface area contributed by atoms with Gasteiger partial charge >= 0.3 is 0 Å². The number of nitrogens with zero attached hydrogens (tertiary/aromatic N) is 3. The largest absolute Gasteiger partial charge is 0.355 e. The van der Waals surface area contributed by atoms with Crippen LogP contribution in [0, 0.1) is 5.92 Å². The maximum Gasteiger partial charge on any atom is 0.139 e. The molecule has 4 rings (SSSR count). The summed E-state index contributed by atoms with van der Waals surface area (Å²) in [7, 11) is 0. The molecule has 7 heteroatoms. The zero-order valence-electron chi connectivity index (χ0n) is 16.6. The molecule has 2 aromatic heterocycles. The highest BCUT2D eigenvalue weighted by Gasteiger charge is 2.23. The van der Waals surface area contributed by atoms with Crippen molar-refractivity contribution < 1.29 is 0 Å². The van der Waals surface area contributed by atoms with Crippen LogP contribution < -0.4 is 10.2 Å². The van der Waals surface area contributed by atoms with Gasteiger partial charge in [-0.1, -0.05) is 43.1 Å². The van der Waals surface area contributed by atoms with Crippen molar-refractivity contribution >= 4 is 29.0 Å². The van der Waals surface area contributed by atoms with Crippen molar-refractivity contribution in [2.75, 3.05) is 24.5 Å². The minimum Gasteiger partial charge on any atom is -0.355 e. The highest BCUT2D eigenvalue weighted by Crippen LogP contribution is 2.29. The Morgan fingerprint density at radius 1 is 1.17 bits per heavy atom. The van der Waals surface area contributed by atoms with Gasteiger partial charge in [0, 0.05) is 42.7 Å². The lowest BCUT2D eigenvalue weighted by atomic mass is 10.2. The van der Waals surface area contributed by atoms with E-state index in [1.54, 1.807) is 6.07 Å². The molecule has 1 aromatic carbocycles. The molecule has 0 bridgehead atoms. The van der Waals surface area contributed by atoms with E-state index in [0.29, 0.717) is 22.0 Å². The fraction of sp³-hybridized carbons (Fsp3) is 0.364. The van der Waals surface area contributed by atoms with Crippen LogP contribution in [0.25, 0.3) is 22.6 Å². The van der Waals surface area contributed by atoms with Crippen LogP contribution in [0.5, 0.6) is 0 Å². The second kappa shape index (κ2) is 8.74. The average molecular weight is 430 g/mol. The Kier molecular flexibility index (Phi) is 6.09. The van der Waals surface area contributed by atoms with E-state index in [4.69, 9.17) is 23.2 Å². The van der Waals surface area contributed by atoms with Crippen LogP contribution in [0.15, 0.2) is 42.7 Å². The van der Waals surface area contributed by atoms with Crippen molar-refractivity contribution in [2.45, 2.75) is 26.3 Å². The molecule has 1 aliphatic heterocycles. The Morgan fingerprint density at radius 2 is 2.00 bits per heavy atom. The molecule has 152 valence electrons. The molecule has 2 N–H and O–H groups in total. The van der Waals surface area contributed by atoms with Gasteiger partial charge in [0.15, 0.2) is 0 Å². The third-order valence-corrected chi connectivity index (χ3v) is 5.88. The van der Waals surface area contributed by atoms with Gasteiger partial charge in [0.25, 0.3) is 0 Å². The fourth-order valence-corrected chi connectivity index (χ4v) is 3.82. The predicted molar refractivity (Wildman–Crippen MR) is 121 cm³/mol. The summed E-state index contributed by atoms with van der Waals surface area (Å²) in [5.41, 5.74) is 2.69. The molecular formula is C22H25Cl2N5. The molecule has 1 atom stereocenters. The summed E-state index contributed by atoms with van der Waals surface area (Å²) in [6.07, 6.45) is 4.90. The van der Waals surface area contributed by atoms with Crippen LogP contribution in [0.2, 0.25) is 10.0 Å². The number of imidazole rings is 1. The first-order valence-electron chi connectivity index (χ1n) is 9.95. The second-order valence-electron chi connectivity index (χ2n) is 7.90. The molecule has 0 aliphatic carbocycles. The molecule has 3 heterocycles. The number of hydrogen-bond acceptors (Lipinski definition) is 4. The molecule has 0 amide bonds. The third kappa shape index (κ3) is 4.74. The molecule has 1 aliphatic rings. The van der Waals surface area contributed by atoms with Gasteiger partial charge in [0.1, 0.15) is 11.6 Å². The zero-order chi connectivity index (χ0) is 20.4. The first-order valence-corrected chi connectivity index (χ1v) is 10.7. The van der Waals surface area contributed by atoms with Gasteiger partial charge in [0.05, 0.1) is 15.7 Å². The van der Waals surface area contributed by atoms with E-state index in [-0.39, 0.29) is 0 Å². The summed E-state index contributed by atoms with van der Waals surface area (Å²) in [5, 5.41) is 4.70. The van der Waals surface area contributed by atoms with Crippen molar-refractivity contribution in [3.63, 3.8) is 0 Å². The Labute approximate surface area is 181 Å². The highest BCUT2D eigenvalue weighted by atomic mass is 35.5. The standard InChI is InChI=1S/C22H25Cl2N5/c1-14(2)10-25-17-7-8-29(13-17)21-6-4-16(11-26-21)22-27-12-20(28-22)15-3-5-18(23)19(24)9-15/h3-6,9,11-12,14,17,25H,7-8,10,13H2,1-2H3,(H,27,28). The van der Waals surface area contributed by atoms with Gasteiger partial charge in [-0.3, -0.25) is 0 Å². The van der Waals surface area contributed by atoms with E-state index in [1.807, 2.05) is 24.5 Å². The average Bonchev–Trinajstić information content (AvgIpc) is 3.38. The topological polar surface area (TPSA) is 56.8 Å². The number of anilines is 1. The zero-order valence-corrected chi connectivity index (χ0v) is 18.1. The number of halogens is 2. The Morgan fingerprint density at radius 3 is 2.72 bits per heavy atom. The Hall–Kier alpha value is -2.08. The van der Waals surface area contributed by atoms with Gasteiger partial charge in [-0.15, -0.1) is 0 Å². The first kappa shape index (κ1) is 20.2. The molecule has 0 spiro atoms. The summed E-state index contributed by atoms with van der Waals surface area (Å²) >= 11 is 12.1. The number of pyridine rings is 1. The van der Waals surface area contributed by atoms with Gasteiger partial charge < -0.3 is 15.2 Å². The predicted octanol–water partition coefficient (Wildman–Crippen LogP) is 5.27. The van der Waals surface area contributed by atoms with Crippen molar-refractivity contribution in [1.82, 2.24) is 20.3 Å². The van der Waals surface area contributed by atoms with Crippen molar-refractivity contribution in [3.05, 3.63) is 52.8 Å². The highest BCUT2D eigenvalue weighted by molar-refractivity contribution is 6.42. The summed E-state index contributed by atoms with van der Waals surface area (Å²) < 4.78 is 0. The summed E-state index contributed by atoms with van der Waals surface area (Å²) in [5.74, 6) is 2.46. The van der Waals surface area contributed by atoms with Crippen molar-refractivity contribution in [1.29, 1.82) is 0 Å². The Bertz CT molecular complexity index is 968. The van der Waals surface area contributed by atoms with E-state index in [9.17, 15) is 0 Å². The van der Waals surface area contributed by atoms with Gasteiger partial charge in [-0.25, -0.2) is 9.97 Å². The van der Waals surface area contributed by atoms with Gasteiger partial charge in [-0.2, -0.15) is 0 Å². The summed E-state index contributed by atoms with van der Waals surface area (Å²) in [4.78, 5) is 14.9. The number of nitrogens with one attached hydrogen (secondary N) is 2. The maximum absolute atomic E-state index is 6.12. The van der Waals surface area contributed by atoms with Crippen LogP contribution in [0.4, 0.5) is 5.82 Å². The Balaban J connectivity index is 1.43. The smallest absolute Gasteiger partial charge is 0.139 e. The van der Waals surface area contributed by atoms with Gasteiger partial charge in [-0.05, 0) is 43.1 Å². The van der Waals surface area contributed by atoms with Crippen LogP contribution >= 0.6 is 23.2 Å². The molecule has 1 unspecified atom stereocenters. The number of aromatic nitrogens is 3. The van der Waals surface area contributed by atoms with E-state index >= 15 is 0 Å². The first-order chi connectivity index (χ1) is 14.0. The maximum atomic E-state index is 6.12. The van der Waals surface area contributed by atoms with E-state index in [0.717, 1.165) is 54.5 Å². The van der Waals surface area contributed by atoms with Gasteiger partial charge in [0.2, 0.25) is 0 Å². The number of aromatic amines is 1. The van der Waals surface area contributed by atoms with Crippen molar-refractivity contribution in [3.8, 4) is 22.6 Å². The number of benzene rings is 1. The quantitative estimate of drug-likeness (QED) is 0.560. The minimum atomic E-state index is 0.520. The lowest BCUT2D eigenvalue weighted by molar-refractivity contribution is 0.485. The molecule has 1 saturated heterocycles. The van der Waals surface area contributed by atoms with Crippen molar-refractivity contribution in [2.24, 2.45) is 5.92 Å². The van der Waals surface area contributed by atoms with Crippen LogP contribution in [-0.2, 0) is 0 Å². The van der Waals surface area contributed by atoms with Crippen LogP contribution in [0.1, 0.15) is 20.3 Å². The summed E-state index contributed by atoms with van der Waals surface area (Å²) in [6, 6.07) is 10.2. The third-order valence-electron chi connectivity index (χ3n) is 5.14. The van der Waals surface area contributed by atoms with Crippen LogP contribution in [-0.4, -0.2) is 40.6 Å². The second-order valence-corrected chi connectivity index (χ2v) is 8.72. The molecular weight excluding hydrogens is 405 g/mol. The molecule has 29 heavy (non-hydrogen) atoms. The molecule has 0 radical (unpaired) electrons. The monoisotopic (exact) mass is 429 g/mol. The van der Waals surface area contributed by atoms with E-state index in [1.165, 1.54) is 0 Å². The summed E-state index contributed by atoms with van der Waals surface area (Å²) in [6.45, 7) is 7.57. The normalized spacial score (nSPS) is 16.7. The van der Waals surface area contributed by atoms with E-state index < -0.39 is 0 Å². The van der Waals surface area contributed by atoms with E-state index in [2.05, 4.69) is 51.1 Å². The number of H-pyrrole nitrogens is 1.